The summed E-state index contributed by atoms with van der Waals surface area (Å²) in [5, 5.41) is 0. The summed E-state index contributed by atoms with van der Waals surface area (Å²) in [6.07, 6.45) is 56.9. The average Bonchev–Trinajstić information content (AvgIpc) is 3.27. The Labute approximate surface area is 387 Å². The van der Waals surface area contributed by atoms with E-state index < -0.39 is 6.10 Å². The van der Waals surface area contributed by atoms with Crippen LogP contribution < -0.4 is 0 Å². The zero-order chi connectivity index (χ0) is 45.1. The largest absolute Gasteiger partial charge is 0.462 e. The zero-order valence-electron chi connectivity index (χ0n) is 42.2. The summed E-state index contributed by atoms with van der Waals surface area (Å²) in [7, 11) is 0. The molecule has 0 bridgehead atoms. The second kappa shape index (κ2) is 52.0. The first-order chi connectivity index (χ1) is 30.5. The molecular formula is C56H108O6. The molecule has 6 nitrogen and oxygen atoms in total. The van der Waals surface area contributed by atoms with Crippen LogP contribution in [0, 0.1) is 0 Å². The fraction of sp³-hybridized carbons (Fsp3) is 0.946. The van der Waals surface area contributed by atoms with Gasteiger partial charge < -0.3 is 14.2 Å². The molecule has 0 N–H and O–H groups in total. The SMILES string of the molecule is CCCCCCCCCCCCCCCCCCCCCCCCCCCC(=O)OCC(COC(=O)CCCCCCCCCCC)OC(=O)CCCCCCCCCCCC. The van der Waals surface area contributed by atoms with Crippen molar-refractivity contribution in [1.29, 1.82) is 0 Å². The fourth-order valence-electron chi connectivity index (χ4n) is 8.62. The van der Waals surface area contributed by atoms with E-state index in [0.29, 0.717) is 19.3 Å². The lowest BCUT2D eigenvalue weighted by Gasteiger charge is -2.18. The average molecular weight is 877 g/mol. The van der Waals surface area contributed by atoms with Crippen molar-refractivity contribution >= 4 is 17.9 Å². The maximum Gasteiger partial charge on any atom is 0.306 e. The molecule has 0 rings (SSSR count). The lowest BCUT2D eigenvalue weighted by molar-refractivity contribution is -0.167. The van der Waals surface area contributed by atoms with Crippen LogP contribution in [0.5, 0.6) is 0 Å². The molecule has 6 heteroatoms. The van der Waals surface area contributed by atoms with Crippen LogP contribution in [0.3, 0.4) is 0 Å². The predicted molar refractivity (Wildman–Crippen MR) is 266 cm³/mol. The maximum absolute atomic E-state index is 12.7. The molecule has 0 heterocycles. The van der Waals surface area contributed by atoms with E-state index in [0.717, 1.165) is 57.8 Å². The van der Waals surface area contributed by atoms with Gasteiger partial charge in [0.2, 0.25) is 0 Å². The molecule has 0 amide bonds. The fourth-order valence-corrected chi connectivity index (χ4v) is 8.62. The number of esters is 3. The summed E-state index contributed by atoms with van der Waals surface area (Å²) in [6, 6.07) is 0. The van der Waals surface area contributed by atoms with E-state index in [4.69, 9.17) is 14.2 Å². The van der Waals surface area contributed by atoms with Gasteiger partial charge in [0, 0.05) is 19.3 Å². The van der Waals surface area contributed by atoms with Gasteiger partial charge in [0.25, 0.3) is 0 Å². The molecule has 62 heavy (non-hydrogen) atoms. The van der Waals surface area contributed by atoms with Crippen LogP contribution in [0.2, 0.25) is 0 Å². The van der Waals surface area contributed by atoms with Gasteiger partial charge in [-0.15, -0.1) is 0 Å². The van der Waals surface area contributed by atoms with Crippen LogP contribution in [0.4, 0.5) is 0 Å². The minimum Gasteiger partial charge on any atom is -0.462 e. The van der Waals surface area contributed by atoms with Crippen molar-refractivity contribution in [2.24, 2.45) is 0 Å². The second-order valence-electron chi connectivity index (χ2n) is 19.2. The highest BCUT2D eigenvalue weighted by Gasteiger charge is 2.19. The van der Waals surface area contributed by atoms with Gasteiger partial charge in [0.05, 0.1) is 0 Å². The van der Waals surface area contributed by atoms with Crippen LogP contribution in [-0.4, -0.2) is 37.2 Å². The van der Waals surface area contributed by atoms with Crippen molar-refractivity contribution in [3.8, 4) is 0 Å². The summed E-state index contributed by atoms with van der Waals surface area (Å²) in [6.45, 7) is 6.66. The minimum atomic E-state index is -0.759. The quantitative estimate of drug-likeness (QED) is 0.0344. The highest BCUT2D eigenvalue weighted by Crippen LogP contribution is 2.17. The Balaban J connectivity index is 4.04. The lowest BCUT2D eigenvalue weighted by Crippen LogP contribution is -2.30. The van der Waals surface area contributed by atoms with Crippen molar-refractivity contribution in [1.82, 2.24) is 0 Å². The molecule has 0 aromatic heterocycles. The molecule has 0 saturated heterocycles. The van der Waals surface area contributed by atoms with Crippen molar-refractivity contribution in [2.45, 2.75) is 329 Å². The topological polar surface area (TPSA) is 78.9 Å². The Morgan fingerprint density at radius 2 is 0.435 bits per heavy atom. The van der Waals surface area contributed by atoms with Crippen LogP contribution in [-0.2, 0) is 28.6 Å². The molecule has 0 aromatic carbocycles. The molecule has 0 saturated carbocycles. The zero-order valence-corrected chi connectivity index (χ0v) is 42.2. The lowest BCUT2D eigenvalue weighted by atomic mass is 10.0. The van der Waals surface area contributed by atoms with Gasteiger partial charge >= 0.3 is 17.9 Å². The second-order valence-corrected chi connectivity index (χ2v) is 19.2. The number of rotatable bonds is 52. The summed E-state index contributed by atoms with van der Waals surface area (Å²) in [5.41, 5.74) is 0. The van der Waals surface area contributed by atoms with E-state index in [2.05, 4.69) is 20.8 Å². The molecule has 1 atom stereocenters. The predicted octanol–water partition coefficient (Wildman–Crippen LogP) is 18.4. The molecule has 0 aliphatic rings. The third kappa shape index (κ3) is 49.4. The van der Waals surface area contributed by atoms with E-state index in [1.165, 1.54) is 225 Å². The van der Waals surface area contributed by atoms with Gasteiger partial charge in [0.15, 0.2) is 6.10 Å². The Kier molecular flexibility index (Phi) is 50.7. The summed E-state index contributed by atoms with van der Waals surface area (Å²) in [4.78, 5) is 37.8. The molecule has 1 unspecified atom stereocenters. The first-order valence-corrected chi connectivity index (χ1v) is 28.0. The summed E-state index contributed by atoms with van der Waals surface area (Å²) < 4.78 is 16.8. The monoisotopic (exact) mass is 877 g/mol. The molecule has 0 radical (unpaired) electrons. The normalized spacial score (nSPS) is 11.9. The van der Waals surface area contributed by atoms with Gasteiger partial charge in [0.1, 0.15) is 13.2 Å². The Bertz CT molecular complexity index is 920. The van der Waals surface area contributed by atoms with Crippen LogP contribution in [0.25, 0.3) is 0 Å². The number of ether oxygens (including phenoxy) is 3. The van der Waals surface area contributed by atoms with E-state index in [-0.39, 0.29) is 31.1 Å². The van der Waals surface area contributed by atoms with E-state index >= 15 is 0 Å². The minimum absolute atomic E-state index is 0.0621. The molecule has 0 aromatic rings. The molecule has 0 aliphatic carbocycles. The van der Waals surface area contributed by atoms with E-state index in [9.17, 15) is 14.4 Å². The molecular weight excluding hydrogens is 769 g/mol. The van der Waals surface area contributed by atoms with Crippen molar-refractivity contribution in [2.75, 3.05) is 13.2 Å². The van der Waals surface area contributed by atoms with Crippen LogP contribution >= 0.6 is 0 Å². The Hall–Kier alpha value is -1.59. The van der Waals surface area contributed by atoms with Crippen molar-refractivity contribution in [3.63, 3.8) is 0 Å². The molecule has 0 fully saturated rings. The third-order valence-corrected chi connectivity index (χ3v) is 12.9. The van der Waals surface area contributed by atoms with Crippen LogP contribution in [0.15, 0.2) is 0 Å². The van der Waals surface area contributed by atoms with Gasteiger partial charge in [-0.2, -0.15) is 0 Å². The number of hydrogen-bond donors (Lipinski definition) is 0. The molecule has 0 aliphatic heterocycles. The van der Waals surface area contributed by atoms with Gasteiger partial charge in [-0.1, -0.05) is 284 Å². The van der Waals surface area contributed by atoms with Crippen molar-refractivity contribution < 1.29 is 28.6 Å². The first kappa shape index (κ1) is 60.4. The van der Waals surface area contributed by atoms with Gasteiger partial charge in [-0.25, -0.2) is 0 Å². The maximum atomic E-state index is 12.7. The van der Waals surface area contributed by atoms with E-state index in [1.54, 1.807) is 0 Å². The van der Waals surface area contributed by atoms with Crippen LogP contribution in [0.1, 0.15) is 323 Å². The molecule has 0 spiro atoms. The van der Waals surface area contributed by atoms with E-state index in [1.807, 2.05) is 0 Å². The first-order valence-electron chi connectivity index (χ1n) is 28.0. The smallest absolute Gasteiger partial charge is 0.306 e. The van der Waals surface area contributed by atoms with Crippen molar-refractivity contribution in [3.05, 3.63) is 0 Å². The number of unbranched alkanes of at least 4 members (excludes halogenated alkanes) is 41. The Morgan fingerprint density at radius 3 is 0.645 bits per heavy atom. The molecule has 368 valence electrons. The third-order valence-electron chi connectivity index (χ3n) is 12.9. The van der Waals surface area contributed by atoms with Gasteiger partial charge in [-0.05, 0) is 19.3 Å². The number of carbonyl (C=O) groups is 3. The number of hydrogen-bond acceptors (Lipinski definition) is 6. The van der Waals surface area contributed by atoms with Gasteiger partial charge in [-0.3, -0.25) is 14.4 Å². The highest BCUT2D eigenvalue weighted by molar-refractivity contribution is 5.71. The standard InChI is InChI=1S/C56H108O6/c1-4-7-10-13-16-19-21-22-23-24-25-26-27-28-29-30-31-32-33-34-35-38-40-43-46-49-55(58)61-52-53(51-60-54(57)48-45-42-39-36-18-15-12-9-6-3)62-56(59)50-47-44-41-37-20-17-14-11-8-5-2/h53H,4-52H2,1-3H3. The highest BCUT2D eigenvalue weighted by atomic mass is 16.6. The number of carbonyl (C=O) groups excluding carboxylic acids is 3. The Morgan fingerprint density at radius 1 is 0.258 bits per heavy atom. The summed E-state index contributed by atoms with van der Waals surface area (Å²) >= 11 is 0. The summed E-state index contributed by atoms with van der Waals surface area (Å²) in [5.74, 6) is -0.845.